The van der Waals surface area contributed by atoms with Crippen LogP contribution in [0.3, 0.4) is 0 Å². The Morgan fingerprint density at radius 3 is 2.37 bits per heavy atom. The second kappa shape index (κ2) is 11.0. The summed E-state index contributed by atoms with van der Waals surface area (Å²) in [6.07, 6.45) is -2.74. The van der Waals surface area contributed by atoms with Crippen molar-refractivity contribution in [3.05, 3.63) is 98.4 Å². The van der Waals surface area contributed by atoms with E-state index in [0.717, 1.165) is 23.4 Å². The zero-order valence-electron chi connectivity index (χ0n) is 19.7. The van der Waals surface area contributed by atoms with Crippen LogP contribution in [0.25, 0.3) is 6.08 Å². The molecule has 0 aliphatic carbocycles. The number of imide groups is 1. The van der Waals surface area contributed by atoms with E-state index >= 15 is 0 Å². The average Bonchev–Trinajstić information content (AvgIpc) is 3.15. The minimum Gasteiger partial charge on any atom is -0.493 e. The topological polar surface area (TPSA) is 99.0 Å². The van der Waals surface area contributed by atoms with Gasteiger partial charge in [0.1, 0.15) is 0 Å². The average molecular weight is 545 g/mol. The molecule has 1 saturated heterocycles. The van der Waals surface area contributed by atoms with E-state index in [0.29, 0.717) is 24.1 Å². The van der Waals surface area contributed by atoms with Crippen molar-refractivity contribution < 1.29 is 37.2 Å². The van der Waals surface area contributed by atoms with Gasteiger partial charge in [0.2, 0.25) is 5.75 Å². The quantitative estimate of drug-likeness (QED) is 0.177. The summed E-state index contributed by atoms with van der Waals surface area (Å²) >= 11 is 0.800. The van der Waals surface area contributed by atoms with Crippen molar-refractivity contribution in [2.24, 2.45) is 0 Å². The molecule has 0 spiro atoms. The fourth-order valence-corrected chi connectivity index (χ4v) is 4.49. The molecule has 8 nitrogen and oxygen atoms in total. The summed E-state index contributed by atoms with van der Waals surface area (Å²) in [6, 6.07) is 15.8. The van der Waals surface area contributed by atoms with Crippen LogP contribution in [0.15, 0.2) is 71.6 Å². The van der Waals surface area contributed by atoms with Gasteiger partial charge >= 0.3 is 11.9 Å². The van der Waals surface area contributed by atoms with Crippen LogP contribution < -0.4 is 9.47 Å². The van der Waals surface area contributed by atoms with Gasteiger partial charge in [-0.2, -0.15) is 13.2 Å². The first-order chi connectivity index (χ1) is 18.1. The number of benzene rings is 3. The molecular formula is C26H19F3N2O6S. The van der Waals surface area contributed by atoms with E-state index in [-0.39, 0.29) is 22.9 Å². The number of alkyl halides is 3. The number of carbonyl (C=O) groups is 2. The smallest absolute Gasteiger partial charge is 0.416 e. The van der Waals surface area contributed by atoms with Gasteiger partial charge in [0.25, 0.3) is 11.1 Å². The Morgan fingerprint density at radius 2 is 1.71 bits per heavy atom. The predicted molar refractivity (Wildman–Crippen MR) is 134 cm³/mol. The zero-order valence-corrected chi connectivity index (χ0v) is 20.5. The summed E-state index contributed by atoms with van der Waals surface area (Å²) in [4.78, 5) is 37.0. The summed E-state index contributed by atoms with van der Waals surface area (Å²) < 4.78 is 49.7. The Balaban J connectivity index is 1.54. The van der Waals surface area contributed by atoms with Gasteiger partial charge < -0.3 is 9.47 Å². The van der Waals surface area contributed by atoms with Crippen molar-refractivity contribution in [1.29, 1.82) is 0 Å². The normalized spacial score (nSPS) is 14.7. The second-order valence-corrected chi connectivity index (χ2v) is 9.01. The number of hydrogen-bond acceptors (Lipinski definition) is 7. The van der Waals surface area contributed by atoms with E-state index in [1.54, 1.807) is 0 Å². The number of halogens is 3. The van der Waals surface area contributed by atoms with Crippen LogP contribution in [0.4, 0.5) is 23.7 Å². The highest BCUT2D eigenvalue weighted by Crippen LogP contribution is 2.41. The van der Waals surface area contributed by atoms with E-state index in [1.807, 2.05) is 30.3 Å². The van der Waals surface area contributed by atoms with E-state index in [2.05, 4.69) is 0 Å². The molecule has 0 aromatic heterocycles. The SMILES string of the molecule is COc1cc(/C=C2/SC(=O)N(CCc3ccccc3)C2=O)ccc1Oc1ccc(C(F)(F)F)cc1[N+](=O)[O-]. The van der Waals surface area contributed by atoms with Crippen molar-refractivity contribution in [1.82, 2.24) is 4.90 Å². The standard InChI is InChI=1S/C26H19F3N2O6S/c1-36-22-13-17(14-23-24(32)30(25(33)38-23)12-11-16-5-3-2-4-6-16)7-9-21(22)37-20-10-8-18(26(27,28)29)15-19(20)31(34)35/h2-10,13-15H,11-12H2,1H3/b23-14+. The predicted octanol–water partition coefficient (Wildman–Crippen LogP) is 6.69. The molecule has 0 radical (unpaired) electrons. The summed E-state index contributed by atoms with van der Waals surface area (Å²) in [7, 11) is 1.31. The Kier molecular flexibility index (Phi) is 7.72. The molecule has 1 heterocycles. The molecule has 2 amide bonds. The molecule has 0 saturated carbocycles. The molecule has 1 aliphatic heterocycles. The molecule has 12 heteroatoms. The highest BCUT2D eigenvalue weighted by molar-refractivity contribution is 8.18. The Bertz CT molecular complexity index is 1430. The van der Waals surface area contributed by atoms with Crippen molar-refractivity contribution in [3.8, 4) is 17.2 Å². The molecule has 3 aromatic rings. The van der Waals surface area contributed by atoms with Gasteiger partial charge in [-0.15, -0.1) is 0 Å². The van der Waals surface area contributed by atoms with Crippen LogP contribution >= 0.6 is 11.8 Å². The lowest BCUT2D eigenvalue weighted by Gasteiger charge is -2.13. The molecule has 0 N–H and O–H groups in total. The number of nitro groups is 1. The van der Waals surface area contributed by atoms with Gasteiger partial charge in [-0.05, 0) is 59.7 Å². The molecule has 0 atom stereocenters. The fourth-order valence-electron chi connectivity index (χ4n) is 3.63. The lowest BCUT2D eigenvalue weighted by atomic mass is 10.1. The third-order valence-electron chi connectivity index (χ3n) is 5.53. The van der Waals surface area contributed by atoms with Gasteiger partial charge in [-0.3, -0.25) is 24.6 Å². The number of carbonyl (C=O) groups excluding carboxylic acids is 2. The maximum atomic E-state index is 13.0. The number of methoxy groups -OCH3 is 1. The van der Waals surface area contributed by atoms with E-state index < -0.39 is 39.2 Å². The molecule has 38 heavy (non-hydrogen) atoms. The third kappa shape index (κ3) is 5.97. The van der Waals surface area contributed by atoms with Crippen LogP contribution in [-0.2, 0) is 17.4 Å². The monoisotopic (exact) mass is 544 g/mol. The van der Waals surface area contributed by atoms with E-state index in [1.165, 1.54) is 36.3 Å². The lowest BCUT2D eigenvalue weighted by Crippen LogP contribution is -2.30. The van der Waals surface area contributed by atoms with E-state index in [9.17, 15) is 32.9 Å². The highest BCUT2D eigenvalue weighted by atomic mass is 32.2. The van der Waals surface area contributed by atoms with Crippen LogP contribution in [0.2, 0.25) is 0 Å². The first-order valence-electron chi connectivity index (χ1n) is 11.1. The number of nitrogens with zero attached hydrogens (tertiary/aromatic N) is 2. The minimum atomic E-state index is -4.76. The maximum Gasteiger partial charge on any atom is 0.416 e. The Morgan fingerprint density at radius 1 is 1.00 bits per heavy atom. The van der Waals surface area contributed by atoms with Crippen LogP contribution in [0, 0.1) is 10.1 Å². The van der Waals surface area contributed by atoms with Gasteiger partial charge in [0.05, 0.1) is 22.5 Å². The summed E-state index contributed by atoms with van der Waals surface area (Å²) in [5.41, 5.74) is -0.583. The van der Waals surface area contributed by atoms with Crippen LogP contribution in [-0.4, -0.2) is 34.6 Å². The highest BCUT2D eigenvalue weighted by Gasteiger charge is 2.35. The molecule has 196 valence electrons. The first-order valence-corrected chi connectivity index (χ1v) is 11.9. The summed E-state index contributed by atoms with van der Waals surface area (Å²) in [5.74, 6) is -0.732. The number of ether oxygens (including phenoxy) is 2. The van der Waals surface area contributed by atoms with Crippen molar-refractivity contribution in [2.75, 3.05) is 13.7 Å². The summed E-state index contributed by atoms with van der Waals surface area (Å²) in [5, 5.41) is 11.0. The molecular weight excluding hydrogens is 525 g/mol. The van der Waals surface area contributed by atoms with Gasteiger partial charge in [0.15, 0.2) is 11.5 Å². The Labute approximate surface area is 218 Å². The van der Waals surface area contributed by atoms with Gasteiger partial charge in [-0.25, -0.2) is 0 Å². The fraction of sp³-hybridized carbons (Fsp3) is 0.154. The number of nitro benzene ring substituents is 1. The maximum absolute atomic E-state index is 13.0. The van der Waals surface area contributed by atoms with E-state index in [4.69, 9.17) is 9.47 Å². The molecule has 1 fully saturated rings. The van der Waals surface area contributed by atoms with Gasteiger partial charge in [-0.1, -0.05) is 36.4 Å². The molecule has 1 aliphatic rings. The van der Waals surface area contributed by atoms with Crippen LogP contribution in [0.5, 0.6) is 17.2 Å². The van der Waals surface area contributed by atoms with Crippen molar-refractivity contribution in [2.45, 2.75) is 12.6 Å². The molecule has 0 bridgehead atoms. The second-order valence-electron chi connectivity index (χ2n) is 8.02. The number of hydrogen-bond donors (Lipinski definition) is 0. The molecule has 3 aromatic carbocycles. The largest absolute Gasteiger partial charge is 0.493 e. The van der Waals surface area contributed by atoms with Crippen molar-refractivity contribution in [3.63, 3.8) is 0 Å². The number of amides is 2. The van der Waals surface area contributed by atoms with Crippen LogP contribution in [0.1, 0.15) is 16.7 Å². The zero-order chi connectivity index (χ0) is 27.4. The number of rotatable bonds is 8. The summed E-state index contributed by atoms with van der Waals surface area (Å²) in [6.45, 7) is 0.230. The first kappa shape index (κ1) is 26.7. The minimum absolute atomic E-state index is 0.00322. The molecule has 0 unspecified atom stereocenters. The molecule has 4 rings (SSSR count). The third-order valence-corrected chi connectivity index (χ3v) is 6.44. The van der Waals surface area contributed by atoms with Crippen molar-refractivity contribution >= 4 is 34.7 Å². The van der Waals surface area contributed by atoms with Gasteiger partial charge in [0, 0.05) is 12.6 Å². The lowest BCUT2D eigenvalue weighted by molar-refractivity contribution is -0.385. The Hall–Kier alpha value is -4.32. The number of thioether (sulfide) groups is 1.